The highest BCUT2D eigenvalue weighted by molar-refractivity contribution is 6.06. The summed E-state index contributed by atoms with van der Waals surface area (Å²) in [6.07, 6.45) is 2.50. The van der Waals surface area contributed by atoms with Crippen LogP contribution in [0.3, 0.4) is 0 Å². The number of esters is 1. The molecule has 0 spiro atoms. The molecular formula is C24H24N2O4. The summed E-state index contributed by atoms with van der Waals surface area (Å²) in [5, 5.41) is 5.88. The number of carbonyl (C=O) groups is 3. The second-order valence-electron chi connectivity index (χ2n) is 8.46. The van der Waals surface area contributed by atoms with Gasteiger partial charge in [-0.2, -0.15) is 0 Å². The molecule has 0 radical (unpaired) electrons. The van der Waals surface area contributed by atoms with Crippen molar-refractivity contribution in [2.75, 3.05) is 10.6 Å². The molecule has 2 amide bonds. The maximum Gasteiger partial charge on any atom is 0.310 e. The van der Waals surface area contributed by atoms with Gasteiger partial charge in [-0.15, -0.1) is 0 Å². The van der Waals surface area contributed by atoms with Crippen molar-refractivity contribution in [3.63, 3.8) is 0 Å². The number of amides is 2. The molecule has 5 rings (SSSR count). The van der Waals surface area contributed by atoms with Gasteiger partial charge in [0, 0.05) is 22.9 Å². The van der Waals surface area contributed by atoms with Gasteiger partial charge >= 0.3 is 5.97 Å². The topological polar surface area (TPSA) is 84.5 Å². The van der Waals surface area contributed by atoms with Crippen molar-refractivity contribution in [1.29, 1.82) is 0 Å². The van der Waals surface area contributed by atoms with Crippen LogP contribution < -0.4 is 10.6 Å². The number of carbonyl (C=O) groups excluding carboxylic acids is 3. The second kappa shape index (κ2) is 7.27. The Morgan fingerprint density at radius 2 is 1.90 bits per heavy atom. The highest BCUT2D eigenvalue weighted by Gasteiger charge is 2.63. The average molecular weight is 404 g/mol. The lowest BCUT2D eigenvalue weighted by molar-refractivity contribution is -0.145. The maximum atomic E-state index is 13.0. The van der Waals surface area contributed by atoms with E-state index in [1.54, 1.807) is 24.3 Å². The number of hydrogen-bond donors (Lipinski definition) is 2. The summed E-state index contributed by atoms with van der Waals surface area (Å²) in [5.74, 6) is -0.871. The largest absolute Gasteiger partial charge is 0.462 e. The van der Waals surface area contributed by atoms with Crippen LogP contribution in [0.2, 0.25) is 0 Å². The van der Waals surface area contributed by atoms with Crippen LogP contribution in [0.25, 0.3) is 0 Å². The van der Waals surface area contributed by atoms with Gasteiger partial charge in [0.25, 0.3) is 5.91 Å². The van der Waals surface area contributed by atoms with E-state index < -0.39 is 0 Å². The van der Waals surface area contributed by atoms with E-state index in [9.17, 15) is 14.4 Å². The van der Waals surface area contributed by atoms with E-state index in [0.717, 1.165) is 30.5 Å². The summed E-state index contributed by atoms with van der Waals surface area (Å²) in [7, 11) is 0. The van der Waals surface area contributed by atoms with Gasteiger partial charge in [0.15, 0.2) is 0 Å². The van der Waals surface area contributed by atoms with Crippen molar-refractivity contribution in [3.8, 4) is 0 Å². The average Bonchev–Trinajstić information content (AvgIpc) is 3.37. The zero-order valence-electron chi connectivity index (χ0n) is 16.8. The molecule has 6 heteroatoms. The fourth-order valence-corrected chi connectivity index (χ4v) is 5.47. The Labute approximate surface area is 175 Å². The molecule has 1 aliphatic heterocycles. The zero-order chi connectivity index (χ0) is 20.8. The first-order chi connectivity index (χ1) is 14.5. The van der Waals surface area contributed by atoms with Crippen LogP contribution in [0.4, 0.5) is 11.4 Å². The van der Waals surface area contributed by atoms with Crippen molar-refractivity contribution in [2.45, 2.75) is 32.3 Å². The third-order valence-electron chi connectivity index (χ3n) is 6.82. The van der Waals surface area contributed by atoms with Crippen LogP contribution >= 0.6 is 0 Å². The fraction of sp³-hybridized carbons (Fsp3) is 0.375. The second-order valence-corrected chi connectivity index (χ2v) is 8.46. The molecule has 2 bridgehead atoms. The van der Waals surface area contributed by atoms with Gasteiger partial charge in [0.2, 0.25) is 5.91 Å². The van der Waals surface area contributed by atoms with Gasteiger partial charge in [-0.1, -0.05) is 31.2 Å². The molecule has 0 aromatic heterocycles. The van der Waals surface area contributed by atoms with Gasteiger partial charge < -0.3 is 15.4 Å². The molecule has 1 heterocycles. The first kappa shape index (κ1) is 18.9. The van der Waals surface area contributed by atoms with E-state index in [-0.39, 0.29) is 47.6 Å². The highest BCUT2D eigenvalue weighted by Crippen LogP contribution is 2.57. The van der Waals surface area contributed by atoms with Crippen LogP contribution in [0.5, 0.6) is 0 Å². The Kier molecular flexibility index (Phi) is 4.57. The number of anilines is 2. The molecule has 2 aromatic carbocycles. The molecule has 6 nitrogen and oxygen atoms in total. The predicted molar refractivity (Wildman–Crippen MR) is 112 cm³/mol. The Hall–Kier alpha value is -3.15. The van der Waals surface area contributed by atoms with E-state index in [4.69, 9.17) is 4.74 Å². The Morgan fingerprint density at radius 1 is 1.07 bits per heavy atom. The van der Waals surface area contributed by atoms with E-state index in [1.807, 2.05) is 31.2 Å². The normalized spacial score (nSPS) is 28.3. The molecule has 2 saturated carbocycles. The number of rotatable bonds is 5. The first-order valence-electron chi connectivity index (χ1n) is 10.6. The van der Waals surface area contributed by atoms with E-state index in [0.29, 0.717) is 11.3 Å². The minimum absolute atomic E-state index is 0.00886. The van der Waals surface area contributed by atoms with Crippen molar-refractivity contribution in [3.05, 3.63) is 59.7 Å². The first-order valence-corrected chi connectivity index (χ1v) is 10.6. The summed E-state index contributed by atoms with van der Waals surface area (Å²) in [4.78, 5) is 37.9. The summed E-state index contributed by atoms with van der Waals surface area (Å²) in [5.41, 5.74) is 2.87. The predicted octanol–water partition coefficient (Wildman–Crippen LogP) is 3.64. The maximum absolute atomic E-state index is 13.0. The lowest BCUT2D eigenvalue weighted by Crippen LogP contribution is -2.35. The quantitative estimate of drug-likeness (QED) is 0.745. The third-order valence-corrected chi connectivity index (χ3v) is 6.82. The third kappa shape index (κ3) is 3.07. The van der Waals surface area contributed by atoms with Crippen LogP contribution in [-0.4, -0.2) is 23.9 Å². The van der Waals surface area contributed by atoms with E-state index in [2.05, 4.69) is 10.6 Å². The molecule has 1 saturated heterocycles. The number of ether oxygens (including phenoxy) is 1. The smallest absolute Gasteiger partial charge is 0.310 e. The Balaban J connectivity index is 1.30. The van der Waals surface area contributed by atoms with Crippen LogP contribution in [-0.2, 0) is 20.7 Å². The highest BCUT2D eigenvalue weighted by atomic mass is 16.6. The number of hydrogen-bond acceptors (Lipinski definition) is 4. The lowest BCUT2D eigenvalue weighted by atomic mass is 9.79. The molecule has 2 N–H and O–H groups in total. The molecule has 2 aromatic rings. The summed E-state index contributed by atoms with van der Waals surface area (Å²) < 4.78 is 5.42. The van der Waals surface area contributed by atoms with Crippen molar-refractivity contribution in [1.82, 2.24) is 0 Å². The molecule has 0 unspecified atom stereocenters. The minimum atomic E-state index is -0.338. The Morgan fingerprint density at radius 3 is 2.73 bits per heavy atom. The number of fused-ring (bicyclic) bond motifs is 1. The van der Waals surface area contributed by atoms with Crippen LogP contribution in [0.1, 0.15) is 35.7 Å². The summed E-state index contributed by atoms with van der Waals surface area (Å²) in [6.45, 7) is 2.04. The van der Waals surface area contributed by atoms with E-state index >= 15 is 0 Å². The minimum Gasteiger partial charge on any atom is -0.462 e. The summed E-state index contributed by atoms with van der Waals surface area (Å²) >= 11 is 0. The zero-order valence-corrected chi connectivity index (χ0v) is 16.8. The van der Waals surface area contributed by atoms with Gasteiger partial charge in [0.05, 0.1) is 11.8 Å². The molecule has 30 heavy (non-hydrogen) atoms. The van der Waals surface area contributed by atoms with Gasteiger partial charge in [-0.05, 0) is 55.0 Å². The monoisotopic (exact) mass is 404 g/mol. The number of aryl methyl sites for hydroxylation is 1. The van der Waals surface area contributed by atoms with E-state index in [1.165, 1.54) is 0 Å². The summed E-state index contributed by atoms with van der Waals surface area (Å²) in [6, 6.07) is 14.6. The molecule has 5 atom stereocenters. The number of nitrogens with one attached hydrogen (secondary N) is 2. The standard InChI is InChI=1S/C24H24N2O4/c1-2-13-6-3-4-9-18(13)26-22(27)14-7-5-8-16(10-14)25-23(28)20-15-11-17-19(12-15)30-24(29)21(17)20/h3-10,15,17,19-21H,2,11-12H2,1H3,(H,25,28)(H,26,27)/t15-,17+,19-,20-,21-/m1/s1. The number of para-hydroxylation sites is 1. The van der Waals surface area contributed by atoms with Gasteiger partial charge in [0.1, 0.15) is 6.10 Å². The molecular weight excluding hydrogens is 380 g/mol. The SMILES string of the molecule is CCc1ccccc1NC(=O)c1cccc(NC(=O)[C@@H]2[C@@H]3C[C@@H]4[C@H]2C(=O)O[C@@H]4C3)c1. The van der Waals surface area contributed by atoms with Gasteiger partial charge in [-0.25, -0.2) is 0 Å². The molecule has 154 valence electrons. The van der Waals surface area contributed by atoms with Gasteiger partial charge in [-0.3, -0.25) is 14.4 Å². The van der Waals surface area contributed by atoms with Crippen molar-refractivity contribution in [2.24, 2.45) is 23.7 Å². The fourth-order valence-electron chi connectivity index (χ4n) is 5.47. The number of benzene rings is 2. The van der Waals surface area contributed by atoms with Crippen LogP contribution in [0.15, 0.2) is 48.5 Å². The molecule has 3 fully saturated rings. The molecule has 3 aliphatic rings. The van der Waals surface area contributed by atoms with Crippen molar-refractivity contribution < 1.29 is 19.1 Å². The Bertz CT molecular complexity index is 1030. The lowest BCUT2D eigenvalue weighted by Gasteiger charge is -2.23. The van der Waals surface area contributed by atoms with Crippen molar-refractivity contribution >= 4 is 29.2 Å². The molecule has 2 aliphatic carbocycles. The van der Waals surface area contributed by atoms with Crippen LogP contribution in [0, 0.1) is 23.7 Å².